The topological polar surface area (TPSA) is 128 Å². The number of rotatable bonds is 6. The molecule has 0 saturated carbocycles. The van der Waals surface area contributed by atoms with Gasteiger partial charge in [-0.25, -0.2) is 9.78 Å². The molecule has 1 aromatic heterocycles. The Balaban J connectivity index is 1.86. The number of piperidine rings is 1. The van der Waals surface area contributed by atoms with Gasteiger partial charge in [0.05, 0.1) is 24.2 Å². The molecule has 9 nitrogen and oxygen atoms in total. The molecule has 180 valence electrons. The van der Waals surface area contributed by atoms with Crippen LogP contribution < -0.4 is 5.73 Å². The number of imidazole rings is 1. The minimum atomic E-state index is -0.556. The third kappa shape index (κ3) is 5.83. The number of amides is 1. The molecule has 0 aliphatic carbocycles. The van der Waals surface area contributed by atoms with Gasteiger partial charge in [-0.3, -0.25) is 9.59 Å². The summed E-state index contributed by atoms with van der Waals surface area (Å²) in [5, 5.41) is 0. The van der Waals surface area contributed by atoms with Gasteiger partial charge in [0.2, 0.25) is 0 Å². The zero-order valence-corrected chi connectivity index (χ0v) is 20.1. The number of nitrogens with zero attached hydrogens (tertiary/aromatic N) is 2. The number of benzene rings is 1. The number of anilines is 1. The van der Waals surface area contributed by atoms with Gasteiger partial charge in [0.25, 0.3) is 0 Å². The highest BCUT2D eigenvalue weighted by Crippen LogP contribution is 2.38. The predicted molar refractivity (Wildman–Crippen MR) is 125 cm³/mol. The van der Waals surface area contributed by atoms with Crippen LogP contribution in [0.15, 0.2) is 6.07 Å². The van der Waals surface area contributed by atoms with E-state index in [-0.39, 0.29) is 37.2 Å². The number of ketones is 1. The summed E-state index contributed by atoms with van der Waals surface area (Å²) in [4.78, 5) is 46.7. The van der Waals surface area contributed by atoms with Gasteiger partial charge in [-0.2, -0.15) is 0 Å². The molecule has 0 unspecified atom stereocenters. The molecule has 1 aromatic carbocycles. The average molecular weight is 459 g/mol. The van der Waals surface area contributed by atoms with Crippen molar-refractivity contribution in [3.8, 4) is 0 Å². The molecule has 0 atom stereocenters. The highest BCUT2D eigenvalue weighted by Gasteiger charge is 2.31. The Hall–Kier alpha value is -3.10. The van der Waals surface area contributed by atoms with E-state index in [0.29, 0.717) is 54.0 Å². The monoisotopic (exact) mass is 458 g/mol. The van der Waals surface area contributed by atoms with Gasteiger partial charge in [0.1, 0.15) is 16.9 Å². The Kier molecular flexibility index (Phi) is 7.29. The van der Waals surface area contributed by atoms with Crippen LogP contribution in [0.25, 0.3) is 11.0 Å². The Morgan fingerprint density at radius 3 is 2.48 bits per heavy atom. The highest BCUT2D eigenvalue weighted by atomic mass is 16.6. The molecule has 2 aromatic rings. The van der Waals surface area contributed by atoms with E-state index in [2.05, 4.69) is 9.97 Å². The SMILES string of the molecule is CCOC(=O)CCC(=O)c1cc2[nH]c(C)nc2c(N)c1C1CCN(C(=O)OC(C)(C)C)CC1. The number of hydrogen-bond donors (Lipinski definition) is 2. The van der Waals surface area contributed by atoms with Crippen molar-refractivity contribution in [3.05, 3.63) is 23.0 Å². The van der Waals surface area contributed by atoms with Crippen LogP contribution >= 0.6 is 0 Å². The molecule has 1 fully saturated rings. The van der Waals surface area contributed by atoms with Crippen molar-refractivity contribution in [1.82, 2.24) is 14.9 Å². The smallest absolute Gasteiger partial charge is 0.410 e. The summed E-state index contributed by atoms with van der Waals surface area (Å²) >= 11 is 0. The largest absolute Gasteiger partial charge is 0.466 e. The first-order valence-electron chi connectivity index (χ1n) is 11.5. The van der Waals surface area contributed by atoms with Gasteiger partial charge in [0, 0.05) is 25.1 Å². The summed E-state index contributed by atoms with van der Waals surface area (Å²) in [5.74, 6) is 0.142. The maximum absolute atomic E-state index is 13.2. The van der Waals surface area contributed by atoms with E-state index in [1.165, 1.54) is 0 Å². The number of H-pyrrole nitrogens is 1. The van der Waals surface area contributed by atoms with Crippen LogP contribution in [0.3, 0.4) is 0 Å². The van der Waals surface area contributed by atoms with E-state index in [4.69, 9.17) is 15.2 Å². The zero-order valence-electron chi connectivity index (χ0n) is 20.1. The molecule has 1 aliphatic rings. The minimum absolute atomic E-state index is 0.00774. The fourth-order valence-electron chi connectivity index (χ4n) is 4.25. The average Bonchev–Trinajstić information content (AvgIpc) is 3.12. The van der Waals surface area contributed by atoms with Crippen molar-refractivity contribution >= 4 is 34.6 Å². The number of fused-ring (bicyclic) bond motifs is 1. The lowest BCUT2D eigenvalue weighted by Crippen LogP contribution is -2.41. The maximum Gasteiger partial charge on any atom is 0.410 e. The molecule has 2 heterocycles. The predicted octanol–water partition coefficient (Wildman–Crippen LogP) is 4.09. The van der Waals surface area contributed by atoms with Crippen LogP contribution in [0.4, 0.5) is 10.5 Å². The van der Waals surface area contributed by atoms with Crippen LogP contribution in [-0.2, 0) is 14.3 Å². The van der Waals surface area contributed by atoms with Gasteiger partial charge in [-0.1, -0.05) is 0 Å². The molecular weight excluding hydrogens is 424 g/mol. The number of aromatic amines is 1. The van der Waals surface area contributed by atoms with E-state index in [1.807, 2.05) is 27.7 Å². The first-order valence-corrected chi connectivity index (χ1v) is 11.5. The number of likely N-dealkylation sites (tertiary alicyclic amines) is 1. The Bertz CT molecular complexity index is 1050. The first-order chi connectivity index (χ1) is 15.5. The lowest BCUT2D eigenvalue weighted by atomic mass is 9.83. The van der Waals surface area contributed by atoms with Crippen molar-refractivity contribution in [3.63, 3.8) is 0 Å². The van der Waals surface area contributed by atoms with Crippen LogP contribution in [0.1, 0.15) is 81.0 Å². The number of nitrogens with one attached hydrogen (secondary N) is 1. The van der Waals surface area contributed by atoms with Crippen molar-refractivity contribution in [1.29, 1.82) is 0 Å². The van der Waals surface area contributed by atoms with Crippen LogP contribution in [0.5, 0.6) is 0 Å². The number of esters is 1. The van der Waals surface area contributed by atoms with E-state index in [1.54, 1.807) is 17.9 Å². The van der Waals surface area contributed by atoms with E-state index in [0.717, 1.165) is 5.56 Å². The van der Waals surface area contributed by atoms with E-state index < -0.39 is 11.6 Å². The minimum Gasteiger partial charge on any atom is -0.466 e. The normalized spacial score (nSPS) is 15.0. The lowest BCUT2D eigenvalue weighted by Gasteiger charge is -2.34. The van der Waals surface area contributed by atoms with Gasteiger partial charge >= 0.3 is 12.1 Å². The molecule has 33 heavy (non-hydrogen) atoms. The van der Waals surface area contributed by atoms with Crippen molar-refractivity contribution in [2.45, 2.75) is 71.8 Å². The van der Waals surface area contributed by atoms with Gasteiger partial charge < -0.3 is 25.1 Å². The summed E-state index contributed by atoms with van der Waals surface area (Å²) in [6, 6.07) is 1.79. The summed E-state index contributed by atoms with van der Waals surface area (Å²) in [5.41, 5.74) is 9.07. The van der Waals surface area contributed by atoms with Crippen LogP contribution in [0.2, 0.25) is 0 Å². The standard InChI is InChI=1S/C24H34N4O5/c1-6-32-19(30)8-7-18(29)16-13-17-22(27-14(2)26-17)21(25)20(16)15-9-11-28(12-10-15)23(31)33-24(3,4)5/h13,15H,6-12,25H2,1-5H3,(H,26,27). The fourth-order valence-corrected chi connectivity index (χ4v) is 4.25. The summed E-state index contributed by atoms with van der Waals surface area (Å²) in [7, 11) is 0. The number of hydrogen-bond acceptors (Lipinski definition) is 7. The van der Waals surface area contributed by atoms with Crippen molar-refractivity contribution in [2.24, 2.45) is 0 Å². The van der Waals surface area contributed by atoms with E-state index in [9.17, 15) is 14.4 Å². The molecule has 1 aliphatic heterocycles. The number of carbonyl (C=O) groups is 3. The molecule has 0 radical (unpaired) electrons. The van der Waals surface area contributed by atoms with Gasteiger partial charge in [-0.05, 0) is 65.0 Å². The second kappa shape index (κ2) is 9.80. The van der Waals surface area contributed by atoms with Gasteiger partial charge in [-0.15, -0.1) is 0 Å². The molecular formula is C24H34N4O5. The second-order valence-corrected chi connectivity index (χ2v) is 9.44. The van der Waals surface area contributed by atoms with E-state index >= 15 is 0 Å². The van der Waals surface area contributed by atoms with Crippen LogP contribution in [0, 0.1) is 6.92 Å². The number of Topliss-reactive ketones (excluding diaryl/α,β-unsaturated/α-hetero) is 1. The molecule has 3 N–H and O–H groups in total. The fraction of sp³-hybridized carbons (Fsp3) is 0.583. The third-order valence-electron chi connectivity index (χ3n) is 5.69. The number of nitrogens with two attached hydrogens (primary N) is 1. The van der Waals surface area contributed by atoms with Crippen molar-refractivity contribution in [2.75, 3.05) is 25.4 Å². The zero-order chi connectivity index (χ0) is 24.3. The molecule has 1 saturated heterocycles. The number of aryl methyl sites for hydroxylation is 1. The Morgan fingerprint density at radius 2 is 1.88 bits per heavy atom. The second-order valence-electron chi connectivity index (χ2n) is 9.44. The molecule has 3 rings (SSSR count). The summed E-state index contributed by atoms with van der Waals surface area (Å²) < 4.78 is 10.4. The Morgan fingerprint density at radius 1 is 1.21 bits per heavy atom. The lowest BCUT2D eigenvalue weighted by molar-refractivity contribution is -0.143. The molecule has 0 bridgehead atoms. The number of nitrogen functional groups attached to an aromatic ring is 1. The number of aromatic nitrogens is 2. The number of ether oxygens (including phenoxy) is 2. The number of carbonyl (C=O) groups excluding carboxylic acids is 3. The molecule has 0 spiro atoms. The Labute approximate surface area is 194 Å². The summed E-state index contributed by atoms with van der Waals surface area (Å²) in [6.45, 7) is 10.4. The summed E-state index contributed by atoms with van der Waals surface area (Å²) in [6.07, 6.45) is 1.02. The highest BCUT2D eigenvalue weighted by molar-refractivity contribution is 6.05. The van der Waals surface area contributed by atoms with Gasteiger partial charge in [0.15, 0.2) is 5.78 Å². The third-order valence-corrected chi connectivity index (χ3v) is 5.69. The van der Waals surface area contributed by atoms with Crippen LogP contribution in [-0.4, -0.2) is 58.0 Å². The van der Waals surface area contributed by atoms with Crippen molar-refractivity contribution < 1.29 is 23.9 Å². The maximum atomic E-state index is 13.2. The quantitative estimate of drug-likeness (QED) is 0.379. The molecule has 9 heteroatoms. The molecule has 1 amide bonds. The first kappa shape index (κ1) is 24.5.